The molecule has 27 heavy (non-hydrogen) atoms. The molecule has 1 heterocycles. The Morgan fingerprint density at radius 3 is 2.04 bits per heavy atom. The molecule has 0 aliphatic carbocycles. The molecule has 0 fully saturated rings. The number of carbonyl (C=O) groups is 1. The number of ether oxygens (including phenoxy) is 1. The molecule has 134 valence electrons. The number of nitrogens with zero attached hydrogens (tertiary/aromatic N) is 1. The lowest BCUT2D eigenvalue weighted by molar-refractivity contribution is -0.144. The van der Waals surface area contributed by atoms with Crippen molar-refractivity contribution >= 4 is 39.1 Å². The molecule has 1 unspecified atom stereocenters. The SMILES string of the molecule is CC(Oc1ccc(Nc2c3ccccc3nc3ccccc23)cc1)C(=O)O. The second kappa shape index (κ2) is 6.96. The summed E-state index contributed by atoms with van der Waals surface area (Å²) in [7, 11) is 0. The van der Waals surface area contributed by atoms with Crippen LogP contribution in [0.15, 0.2) is 72.8 Å². The van der Waals surface area contributed by atoms with Crippen molar-refractivity contribution in [2.24, 2.45) is 0 Å². The molecule has 4 aromatic rings. The van der Waals surface area contributed by atoms with E-state index in [9.17, 15) is 4.79 Å². The monoisotopic (exact) mass is 358 g/mol. The molecule has 2 N–H and O–H groups in total. The highest BCUT2D eigenvalue weighted by atomic mass is 16.5. The van der Waals surface area contributed by atoms with Gasteiger partial charge >= 0.3 is 5.97 Å². The summed E-state index contributed by atoms with van der Waals surface area (Å²) in [6.07, 6.45) is -0.892. The number of para-hydroxylation sites is 2. The number of carboxylic acid groups (broad SMARTS) is 1. The normalized spacial score (nSPS) is 12.0. The van der Waals surface area contributed by atoms with Crippen molar-refractivity contribution in [3.8, 4) is 5.75 Å². The van der Waals surface area contributed by atoms with E-state index in [0.717, 1.165) is 33.2 Å². The van der Waals surface area contributed by atoms with Crippen LogP contribution in [-0.4, -0.2) is 22.2 Å². The average molecular weight is 358 g/mol. The highest BCUT2D eigenvalue weighted by molar-refractivity contribution is 6.08. The maximum atomic E-state index is 10.9. The third-order valence-electron chi connectivity index (χ3n) is 4.37. The quantitative estimate of drug-likeness (QED) is 0.492. The first kappa shape index (κ1) is 16.8. The minimum absolute atomic E-state index is 0.514. The number of benzene rings is 3. The highest BCUT2D eigenvalue weighted by Crippen LogP contribution is 2.33. The van der Waals surface area contributed by atoms with Gasteiger partial charge in [-0.2, -0.15) is 0 Å². The minimum Gasteiger partial charge on any atom is -0.479 e. The molecule has 0 saturated carbocycles. The van der Waals surface area contributed by atoms with Crippen molar-refractivity contribution in [1.82, 2.24) is 4.98 Å². The Kier molecular flexibility index (Phi) is 4.34. The summed E-state index contributed by atoms with van der Waals surface area (Å²) in [6, 6.07) is 23.3. The summed E-state index contributed by atoms with van der Waals surface area (Å²) in [6.45, 7) is 1.50. The van der Waals surface area contributed by atoms with E-state index in [4.69, 9.17) is 14.8 Å². The smallest absolute Gasteiger partial charge is 0.344 e. The van der Waals surface area contributed by atoms with Crippen LogP contribution in [0.1, 0.15) is 6.92 Å². The van der Waals surface area contributed by atoms with Gasteiger partial charge in [-0.05, 0) is 43.3 Å². The lowest BCUT2D eigenvalue weighted by Crippen LogP contribution is -2.22. The summed E-state index contributed by atoms with van der Waals surface area (Å²) in [5, 5.41) is 14.5. The first-order chi connectivity index (χ1) is 13.1. The lowest BCUT2D eigenvalue weighted by Gasteiger charge is -2.14. The Morgan fingerprint density at radius 1 is 0.926 bits per heavy atom. The molecular formula is C22H18N2O3. The van der Waals surface area contributed by atoms with Gasteiger partial charge in [-0.25, -0.2) is 9.78 Å². The van der Waals surface area contributed by atoms with Crippen LogP contribution in [0.25, 0.3) is 21.8 Å². The molecule has 4 rings (SSSR count). The van der Waals surface area contributed by atoms with E-state index >= 15 is 0 Å². The summed E-state index contributed by atoms with van der Waals surface area (Å²) in [4.78, 5) is 15.6. The number of nitrogens with one attached hydrogen (secondary N) is 1. The Morgan fingerprint density at radius 2 is 1.48 bits per heavy atom. The first-order valence-corrected chi connectivity index (χ1v) is 8.66. The number of hydrogen-bond donors (Lipinski definition) is 2. The van der Waals surface area contributed by atoms with Gasteiger partial charge in [-0.15, -0.1) is 0 Å². The second-order valence-electron chi connectivity index (χ2n) is 6.27. The Balaban J connectivity index is 1.71. The van der Waals surface area contributed by atoms with Crippen molar-refractivity contribution in [3.05, 3.63) is 72.8 Å². The number of aromatic nitrogens is 1. The number of pyridine rings is 1. The fourth-order valence-corrected chi connectivity index (χ4v) is 2.99. The summed E-state index contributed by atoms with van der Waals surface area (Å²) >= 11 is 0. The predicted octanol–water partition coefficient (Wildman–Crippen LogP) is 4.98. The van der Waals surface area contributed by atoms with Crippen molar-refractivity contribution in [2.75, 3.05) is 5.32 Å². The van der Waals surface area contributed by atoms with Gasteiger partial charge in [-0.3, -0.25) is 0 Å². The van der Waals surface area contributed by atoms with Crippen LogP contribution in [0.2, 0.25) is 0 Å². The van der Waals surface area contributed by atoms with E-state index in [1.807, 2.05) is 60.7 Å². The first-order valence-electron chi connectivity index (χ1n) is 8.66. The van der Waals surface area contributed by atoms with Crippen molar-refractivity contribution in [3.63, 3.8) is 0 Å². The molecule has 0 spiro atoms. The average Bonchev–Trinajstić information content (AvgIpc) is 2.69. The molecular weight excluding hydrogens is 340 g/mol. The molecule has 0 amide bonds. The third-order valence-corrected chi connectivity index (χ3v) is 4.37. The number of anilines is 2. The zero-order chi connectivity index (χ0) is 18.8. The zero-order valence-corrected chi connectivity index (χ0v) is 14.7. The number of aliphatic carboxylic acids is 1. The molecule has 0 saturated heterocycles. The molecule has 1 aromatic heterocycles. The number of carboxylic acids is 1. The number of fused-ring (bicyclic) bond motifs is 2. The van der Waals surface area contributed by atoms with Crippen LogP contribution in [0.4, 0.5) is 11.4 Å². The van der Waals surface area contributed by atoms with Gasteiger partial charge in [0.1, 0.15) is 5.75 Å². The fraction of sp³-hybridized carbons (Fsp3) is 0.0909. The number of hydrogen-bond acceptors (Lipinski definition) is 4. The third kappa shape index (κ3) is 3.40. The fourth-order valence-electron chi connectivity index (χ4n) is 2.99. The lowest BCUT2D eigenvalue weighted by atomic mass is 10.1. The topological polar surface area (TPSA) is 71.5 Å². The largest absolute Gasteiger partial charge is 0.479 e. The van der Waals surface area contributed by atoms with Gasteiger partial charge in [-0.1, -0.05) is 36.4 Å². The van der Waals surface area contributed by atoms with Gasteiger partial charge in [0.15, 0.2) is 6.10 Å². The van der Waals surface area contributed by atoms with Crippen molar-refractivity contribution in [1.29, 1.82) is 0 Å². The van der Waals surface area contributed by atoms with Gasteiger partial charge in [0.05, 0.1) is 16.7 Å². The van der Waals surface area contributed by atoms with E-state index in [-0.39, 0.29) is 0 Å². The molecule has 0 bridgehead atoms. The minimum atomic E-state index is -0.994. The van der Waals surface area contributed by atoms with Crippen LogP contribution in [0.3, 0.4) is 0 Å². The van der Waals surface area contributed by atoms with E-state index in [0.29, 0.717) is 5.75 Å². The van der Waals surface area contributed by atoms with Crippen LogP contribution in [-0.2, 0) is 4.79 Å². The molecule has 5 nitrogen and oxygen atoms in total. The summed E-state index contributed by atoms with van der Waals surface area (Å²) in [5.74, 6) is -0.480. The van der Waals surface area contributed by atoms with E-state index in [2.05, 4.69) is 5.32 Å². The molecule has 3 aromatic carbocycles. The predicted molar refractivity (Wildman–Crippen MR) is 107 cm³/mol. The van der Waals surface area contributed by atoms with Crippen LogP contribution >= 0.6 is 0 Å². The van der Waals surface area contributed by atoms with Crippen LogP contribution in [0.5, 0.6) is 5.75 Å². The number of rotatable bonds is 5. The van der Waals surface area contributed by atoms with E-state index in [1.165, 1.54) is 6.92 Å². The molecule has 1 atom stereocenters. The maximum absolute atomic E-state index is 10.9. The van der Waals surface area contributed by atoms with Gasteiger partial charge in [0.25, 0.3) is 0 Å². The van der Waals surface area contributed by atoms with E-state index in [1.54, 1.807) is 12.1 Å². The van der Waals surface area contributed by atoms with Crippen LogP contribution in [0, 0.1) is 0 Å². The Labute approximate surface area is 156 Å². The van der Waals surface area contributed by atoms with Gasteiger partial charge < -0.3 is 15.2 Å². The highest BCUT2D eigenvalue weighted by Gasteiger charge is 2.13. The standard InChI is InChI=1S/C22H18N2O3/c1-14(22(25)26)27-16-12-10-15(11-13-16)23-21-17-6-2-4-8-19(17)24-20-9-5-3-7-18(20)21/h2-14H,1H3,(H,23,24)(H,25,26). The summed E-state index contributed by atoms with van der Waals surface area (Å²) in [5.41, 5.74) is 3.72. The molecule has 0 aliphatic rings. The van der Waals surface area contributed by atoms with Gasteiger partial charge in [0, 0.05) is 16.5 Å². The molecule has 0 radical (unpaired) electrons. The molecule has 5 heteroatoms. The van der Waals surface area contributed by atoms with Crippen molar-refractivity contribution in [2.45, 2.75) is 13.0 Å². The van der Waals surface area contributed by atoms with E-state index < -0.39 is 12.1 Å². The zero-order valence-electron chi connectivity index (χ0n) is 14.7. The Bertz CT molecular complexity index is 1070. The Hall–Kier alpha value is -3.60. The van der Waals surface area contributed by atoms with Crippen molar-refractivity contribution < 1.29 is 14.6 Å². The summed E-state index contributed by atoms with van der Waals surface area (Å²) < 4.78 is 5.38. The molecule has 0 aliphatic heterocycles. The maximum Gasteiger partial charge on any atom is 0.344 e. The second-order valence-corrected chi connectivity index (χ2v) is 6.27. The van der Waals surface area contributed by atoms with Crippen LogP contribution < -0.4 is 10.1 Å². The van der Waals surface area contributed by atoms with Gasteiger partial charge in [0.2, 0.25) is 0 Å².